The highest BCUT2D eigenvalue weighted by Gasteiger charge is 2.05. The van der Waals surface area contributed by atoms with E-state index in [1.54, 1.807) is 24.3 Å². The highest BCUT2D eigenvalue weighted by Crippen LogP contribution is 2.18. The van der Waals surface area contributed by atoms with Crippen LogP contribution in [0.3, 0.4) is 0 Å². The summed E-state index contributed by atoms with van der Waals surface area (Å²) in [5.41, 5.74) is 4.72. The quantitative estimate of drug-likeness (QED) is 0.639. The molecule has 2 aromatic rings. The van der Waals surface area contributed by atoms with Crippen molar-refractivity contribution in [3.05, 3.63) is 42.0 Å². The number of rotatable bonds is 4. The highest BCUT2D eigenvalue weighted by atomic mass is 32.2. The lowest BCUT2D eigenvalue weighted by Crippen LogP contribution is -2.09. The molecule has 19 heavy (non-hydrogen) atoms. The van der Waals surface area contributed by atoms with Crippen molar-refractivity contribution in [1.29, 1.82) is 0 Å². The number of hydrazine groups is 1. The number of benzene rings is 1. The van der Waals surface area contributed by atoms with E-state index in [1.165, 1.54) is 6.26 Å². The first-order valence-corrected chi connectivity index (χ1v) is 7.61. The van der Waals surface area contributed by atoms with Crippen molar-refractivity contribution in [3.63, 3.8) is 0 Å². The van der Waals surface area contributed by atoms with E-state index < -0.39 is 9.84 Å². The molecule has 2 rings (SSSR count). The van der Waals surface area contributed by atoms with Gasteiger partial charge in [-0.2, -0.15) is 0 Å². The van der Waals surface area contributed by atoms with Gasteiger partial charge in [0.2, 0.25) is 0 Å². The van der Waals surface area contributed by atoms with Gasteiger partial charge >= 0.3 is 0 Å². The van der Waals surface area contributed by atoms with Crippen LogP contribution in [-0.2, 0) is 15.6 Å². The maximum absolute atomic E-state index is 11.2. The number of nitrogens with two attached hydrogens (primary N) is 1. The van der Waals surface area contributed by atoms with Crippen LogP contribution in [0.4, 0.5) is 5.82 Å². The van der Waals surface area contributed by atoms with Gasteiger partial charge in [-0.05, 0) is 17.7 Å². The van der Waals surface area contributed by atoms with Gasteiger partial charge < -0.3 is 5.43 Å². The third-order valence-corrected chi connectivity index (χ3v) is 3.35. The molecule has 1 aromatic heterocycles. The first-order chi connectivity index (χ1) is 8.98. The fourth-order valence-electron chi connectivity index (χ4n) is 1.64. The maximum atomic E-state index is 11.2. The van der Waals surface area contributed by atoms with Crippen molar-refractivity contribution in [1.82, 2.24) is 10.2 Å². The molecule has 0 aliphatic carbocycles. The van der Waals surface area contributed by atoms with Gasteiger partial charge in [0.1, 0.15) is 0 Å². The Morgan fingerprint density at radius 1 is 1.11 bits per heavy atom. The van der Waals surface area contributed by atoms with Crippen molar-refractivity contribution in [2.24, 2.45) is 5.84 Å². The van der Waals surface area contributed by atoms with E-state index in [2.05, 4.69) is 15.6 Å². The van der Waals surface area contributed by atoms with E-state index in [1.807, 2.05) is 12.1 Å². The van der Waals surface area contributed by atoms with Crippen LogP contribution in [0.25, 0.3) is 11.3 Å². The van der Waals surface area contributed by atoms with Gasteiger partial charge in [0, 0.05) is 11.8 Å². The van der Waals surface area contributed by atoms with Crippen LogP contribution in [0.5, 0.6) is 0 Å². The summed E-state index contributed by atoms with van der Waals surface area (Å²) in [6, 6.07) is 10.7. The van der Waals surface area contributed by atoms with Gasteiger partial charge in [-0.3, -0.25) is 0 Å². The minimum absolute atomic E-state index is 0.0367. The van der Waals surface area contributed by atoms with E-state index in [0.29, 0.717) is 11.5 Å². The summed E-state index contributed by atoms with van der Waals surface area (Å²) < 4.78 is 22.4. The largest absolute Gasteiger partial charge is 0.307 e. The van der Waals surface area contributed by atoms with Crippen molar-refractivity contribution in [2.45, 2.75) is 5.75 Å². The molecule has 1 heterocycles. The Balaban J connectivity index is 2.22. The maximum Gasteiger partial charge on any atom is 0.162 e. The van der Waals surface area contributed by atoms with Crippen molar-refractivity contribution >= 4 is 15.7 Å². The number of nitrogens with zero attached hydrogens (tertiary/aromatic N) is 2. The molecular formula is C12H14N4O2S. The molecule has 0 aliphatic rings. The molecule has 3 N–H and O–H groups in total. The molecule has 0 amide bonds. The summed E-state index contributed by atoms with van der Waals surface area (Å²) in [7, 11) is -3.01. The summed E-state index contributed by atoms with van der Waals surface area (Å²) in [4.78, 5) is 0. The Morgan fingerprint density at radius 3 is 2.26 bits per heavy atom. The Bertz CT molecular complexity index is 651. The van der Waals surface area contributed by atoms with Crippen LogP contribution in [0.2, 0.25) is 0 Å². The molecular weight excluding hydrogens is 264 g/mol. The fraction of sp³-hybridized carbons (Fsp3) is 0.167. The first-order valence-electron chi connectivity index (χ1n) is 5.55. The summed E-state index contributed by atoms with van der Waals surface area (Å²) in [6.45, 7) is 0. The van der Waals surface area contributed by atoms with E-state index >= 15 is 0 Å². The standard InChI is InChI=1S/C12H14N4O2S/c1-19(17,18)8-9-2-4-10(5-3-9)11-6-7-12(14-13)16-15-11/h2-7H,8,13H2,1H3,(H,14,16). The fourth-order valence-corrected chi connectivity index (χ4v) is 2.44. The van der Waals surface area contributed by atoms with Crippen LogP contribution < -0.4 is 11.3 Å². The van der Waals surface area contributed by atoms with Crippen molar-refractivity contribution < 1.29 is 8.42 Å². The molecule has 0 spiro atoms. The average Bonchev–Trinajstić information content (AvgIpc) is 2.38. The second kappa shape index (κ2) is 5.33. The lowest BCUT2D eigenvalue weighted by atomic mass is 10.1. The number of anilines is 1. The summed E-state index contributed by atoms with van der Waals surface area (Å²) in [5, 5.41) is 7.89. The van der Waals surface area contributed by atoms with Gasteiger partial charge in [0.15, 0.2) is 15.7 Å². The van der Waals surface area contributed by atoms with Gasteiger partial charge in [-0.25, -0.2) is 14.3 Å². The molecule has 100 valence electrons. The highest BCUT2D eigenvalue weighted by molar-refractivity contribution is 7.89. The molecule has 0 saturated heterocycles. The average molecular weight is 278 g/mol. The second-order valence-electron chi connectivity index (χ2n) is 4.22. The second-order valence-corrected chi connectivity index (χ2v) is 6.36. The van der Waals surface area contributed by atoms with Crippen molar-refractivity contribution in [3.8, 4) is 11.3 Å². The predicted octanol–water partition coefficient (Wildman–Crippen LogP) is 0.974. The lowest BCUT2D eigenvalue weighted by Gasteiger charge is -2.03. The van der Waals surface area contributed by atoms with Crippen molar-refractivity contribution in [2.75, 3.05) is 11.7 Å². The van der Waals surface area contributed by atoms with Crippen LogP contribution in [0, 0.1) is 0 Å². The molecule has 0 unspecified atom stereocenters. The number of hydrogen-bond donors (Lipinski definition) is 2. The summed E-state index contributed by atoms with van der Waals surface area (Å²) in [6.07, 6.45) is 1.21. The predicted molar refractivity (Wildman–Crippen MR) is 73.8 cm³/mol. The molecule has 0 saturated carbocycles. The molecule has 1 aromatic carbocycles. The zero-order valence-corrected chi connectivity index (χ0v) is 11.2. The summed E-state index contributed by atoms with van der Waals surface area (Å²) >= 11 is 0. The zero-order chi connectivity index (χ0) is 13.9. The third kappa shape index (κ3) is 3.73. The molecule has 6 nitrogen and oxygen atoms in total. The zero-order valence-electron chi connectivity index (χ0n) is 10.4. The molecule has 0 fully saturated rings. The Hall–Kier alpha value is -1.99. The number of hydrogen-bond acceptors (Lipinski definition) is 6. The van der Waals surface area contributed by atoms with Gasteiger partial charge in [0.05, 0.1) is 11.4 Å². The van der Waals surface area contributed by atoms with E-state index in [-0.39, 0.29) is 5.75 Å². The Kier molecular flexibility index (Phi) is 3.77. The minimum atomic E-state index is -3.01. The van der Waals surface area contributed by atoms with E-state index in [9.17, 15) is 8.42 Å². The lowest BCUT2D eigenvalue weighted by molar-refractivity contribution is 0.601. The molecule has 0 bridgehead atoms. The Labute approximate surface area is 111 Å². The first kappa shape index (κ1) is 13.4. The minimum Gasteiger partial charge on any atom is -0.307 e. The van der Waals surface area contributed by atoms with Crippen LogP contribution >= 0.6 is 0 Å². The normalized spacial score (nSPS) is 11.3. The van der Waals surface area contributed by atoms with Crippen LogP contribution in [0.15, 0.2) is 36.4 Å². The topological polar surface area (TPSA) is 98.0 Å². The number of nitrogens with one attached hydrogen (secondary N) is 1. The van der Waals surface area contributed by atoms with Crippen LogP contribution in [0.1, 0.15) is 5.56 Å². The summed E-state index contributed by atoms with van der Waals surface area (Å²) in [5.74, 6) is 5.73. The molecule has 7 heteroatoms. The molecule has 0 atom stereocenters. The SMILES string of the molecule is CS(=O)(=O)Cc1ccc(-c2ccc(NN)nn2)cc1. The number of aromatic nitrogens is 2. The number of sulfone groups is 1. The smallest absolute Gasteiger partial charge is 0.162 e. The van der Waals surface area contributed by atoms with Gasteiger partial charge in [-0.15, -0.1) is 10.2 Å². The number of nitrogen functional groups attached to an aromatic ring is 1. The van der Waals surface area contributed by atoms with Crippen LogP contribution in [-0.4, -0.2) is 24.9 Å². The molecule has 0 radical (unpaired) electrons. The van der Waals surface area contributed by atoms with E-state index in [0.717, 1.165) is 11.1 Å². The monoisotopic (exact) mass is 278 g/mol. The van der Waals surface area contributed by atoms with E-state index in [4.69, 9.17) is 5.84 Å². The van der Waals surface area contributed by atoms with Gasteiger partial charge in [-0.1, -0.05) is 24.3 Å². The Morgan fingerprint density at radius 2 is 1.79 bits per heavy atom. The van der Waals surface area contributed by atoms with Gasteiger partial charge in [0.25, 0.3) is 0 Å². The molecule has 0 aliphatic heterocycles. The third-order valence-electron chi connectivity index (χ3n) is 2.49.